The lowest BCUT2D eigenvalue weighted by Crippen LogP contribution is -2.36. The number of hydrogen-bond donors (Lipinski definition) is 0. The molecule has 25 heavy (non-hydrogen) atoms. The van der Waals surface area contributed by atoms with Gasteiger partial charge in [0.2, 0.25) is 5.91 Å². The van der Waals surface area contributed by atoms with Crippen LogP contribution in [0.5, 0.6) is 0 Å². The smallest absolute Gasteiger partial charge is 0.253 e. The van der Waals surface area contributed by atoms with Crippen LogP contribution in [0.25, 0.3) is 5.69 Å². The lowest BCUT2D eigenvalue weighted by Gasteiger charge is -2.21. The Hall–Kier alpha value is -2.56. The fourth-order valence-corrected chi connectivity index (χ4v) is 3.45. The summed E-state index contributed by atoms with van der Waals surface area (Å²) in [5.41, 5.74) is 4.11. The highest BCUT2D eigenvalue weighted by Crippen LogP contribution is 2.18. The Morgan fingerprint density at radius 3 is 1.96 bits per heavy atom. The van der Waals surface area contributed by atoms with Gasteiger partial charge in [-0.15, -0.1) is 0 Å². The zero-order valence-electron chi connectivity index (χ0n) is 15.2. The Bertz CT molecular complexity index is 757. The third-order valence-electron chi connectivity index (χ3n) is 4.87. The quantitative estimate of drug-likeness (QED) is 0.844. The van der Waals surface area contributed by atoms with Crippen LogP contribution in [0.3, 0.4) is 0 Å². The van der Waals surface area contributed by atoms with Crippen LogP contribution in [0, 0.1) is 13.8 Å². The van der Waals surface area contributed by atoms with Crippen LogP contribution in [0.4, 0.5) is 0 Å². The van der Waals surface area contributed by atoms with E-state index in [9.17, 15) is 9.59 Å². The number of hydrogen-bond acceptors (Lipinski definition) is 2. The molecule has 5 nitrogen and oxygen atoms in total. The molecule has 5 heteroatoms. The zero-order chi connectivity index (χ0) is 18.0. The van der Waals surface area contributed by atoms with E-state index in [2.05, 4.69) is 30.5 Å². The highest BCUT2D eigenvalue weighted by atomic mass is 16.2. The molecule has 0 aliphatic carbocycles. The number of rotatable bonds is 2. The van der Waals surface area contributed by atoms with Crippen LogP contribution in [0.1, 0.15) is 35.1 Å². The second kappa shape index (κ2) is 7.13. The molecular formula is C20H25N3O2. The number of nitrogens with zero attached hydrogens (tertiary/aromatic N) is 3. The summed E-state index contributed by atoms with van der Waals surface area (Å²) in [6.07, 6.45) is 0.825. The van der Waals surface area contributed by atoms with Crippen LogP contribution < -0.4 is 0 Å². The largest absolute Gasteiger partial charge is 0.341 e. The number of benzene rings is 1. The average molecular weight is 339 g/mol. The SMILES string of the molecule is CC(=O)N1CCCN(C(=O)c2ccc(-n3c(C)ccc3C)cc2)CC1. The molecule has 0 N–H and O–H groups in total. The van der Waals surface area contributed by atoms with E-state index in [1.165, 1.54) is 11.4 Å². The highest BCUT2D eigenvalue weighted by molar-refractivity contribution is 5.94. The first kappa shape index (κ1) is 17.3. The van der Waals surface area contributed by atoms with Crippen LogP contribution in [0.15, 0.2) is 36.4 Å². The third-order valence-corrected chi connectivity index (χ3v) is 4.87. The standard InChI is InChI=1S/C20H25N3O2/c1-15-5-6-16(2)23(15)19-9-7-18(8-10-19)20(25)22-12-4-11-21(13-14-22)17(3)24/h5-10H,4,11-14H2,1-3H3. The number of aryl methyl sites for hydroxylation is 2. The number of amides is 2. The molecule has 0 radical (unpaired) electrons. The predicted octanol–water partition coefficient (Wildman–Crippen LogP) is 2.79. The second-order valence-electron chi connectivity index (χ2n) is 6.65. The summed E-state index contributed by atoms with van der Waals surface area (Å²) in [7, 11) is 0. The molecule has 2 heterocycles. The van der Waals surface area contributed by atoms with Gasteiger partial charge in [0, 0.05) is 55.7 Å². The summed E-state index contributed by atoms with van der Waals surface area (Å²) in [5.74, 6) is 0.119. The van der Waals surface area contributed by atoms with Crippen molar-refractivity contribution in [1.29, 1.82) is 0 Å². The number of carbonyl (C=O) groups excluding carboxylic acids is 2. The molecule has 2 amide bonds. The summed E-state index contributed by atoms with van der Waals surface area (Å²) in [6, 6.07) is 12.0. The molecule has 1 saturated heterocycles. The second-order valence-corrected chi connectivity index (χ2v) is 6.65. The normalized spacial score (nSPS) is 15.2. The van der Waals surface area contributed by atoms with E-state index in [1.807, 2.05) is 34.1 Å². The average Bonchev–Trinajstić information content (AvgIpc) is 2.80. The lowest BCUT2D eigenvalue weighted by atomic mass is 10.1. The summed E-state index contributed by atoms with van der Waals surface area (Å²) in [6.45, 7) is 8.36. The molecule has 0 atom stereocenters. The van der Waals surface area contributed by atoms with E-state index in [1.54, 1.807) is 6.92 Å². The monoisotopic (exact) mass is 339 g/mol. The van der Waals surface area contributed by atoms with Gasteiger partial charge in [-0.05, 0) is 56.7 Å². The van der Waals surface area contributed by atoms with Gasteiger partial charge in [0.15, 0.2) is 0 Å². The van der Waals surface area contributed by atoms with Gasteiger partial charge in [0.1, 0.15) is 0 Å². The molecule has 0 unspecified atom stereocenters. The summed E-state index contributed by atoms with van der Waals surface area (Å²) < 4.78 is 2.17. The Morgan fingerprint density at radius 1 is 0.800 bits per heavy atom. The van der Waals surface area contributed by atoms with Crippen molar-refractivity contribution in [3.8, 4) is 5.69 Å². The van der Waals surface area contributed by atoms with E-state index in [0.29, 0.717) is 25.2 Å². The van der Waals surface area contributed by atoms with E-state index in [-0.39, 0.29) is 11.8 Å². The van der Waals surface area contributed by atoms with Gasteiger partial charge in [-0.25, -0.2) is 0 Å². The Balaban J connectivity index is 1.74. The van der Waals surface area contributed by atoms with Crippen LogP contribution in [-0.4, -0.2) is 52.4 Å². The van der Waals surface area contributed by atoms with Crippen molar-refractivity contribution in [2.45, 2.75) is 27.2 Å². The highest BCUT2D eigenvalue weighted by Gasteiger charge is 2.21. The molecule has 1 aliphatic heterocycles. The maximum absolute atomic E-state index is 12.8. The Labute approximate surface area is 148 Å². The van der Waals surface area contributed by atoms with Crippen molar-refractivity contribution >= 4 is 11.8 Å². The molecule has 132 valence electrons. The molecule has 2 aromatic rings. The molecule has 1 aliphatic rings. The third kappa shape index (κ3) is 3.60. The zero-order valence-corrected chi connectivity index (χ0v) is 15.2. The molecule has 0 spiro atoms. The van der Waals surface area contributed by atoms with Crippen molar-refractivity contribution in [2.75, 3.05) is 26.2 Å². The predicted molar refractivity (Wildman–Crippen MR) is 98.0 cm³/mol. The van der Waals surface area contributed by atoms with E-state index in [4.69, 9.17) is 0 Å². The minimum Gasteiger partial charge on any atom is -0.341 e. The maximum atomic E-state index is 12.8. The molecule has 3 rings (SSSR count). The van der Waals surface area contributed by atoms with Gasteiger partial charge < -0.3 is 14.4 Å². The molecule has 1 aromatic carbocycles. The van der Waals surface area contributed by atoms with Crippen molar-refractivity contribution in [3.63, 3.8) is 0 Å². The van der Waals surface area contributed by atoms with Crippen molar-refractivity contribution in [3.05, 3.63) is 53.3 Å². The van der Waals surface area contributed by atoms with Gasteiger partial charge in [-0.2, -0.15) is 0 Å². The van der Waals surface area contributed by atoms with Gasteiger partial charge in [0.05, 0.1) is 0 Å². The molecule has 0 bridgehead atoms. The van der Waals surface area contributed by atoms with Crippen LogP contribution in [0.2, 0.25) is 0 Å². The molecule has 1 fully saturated rings. The first-order valence-corrected chi connectivity index (χ1v) is 8.77. The molecule has 0 saturated carbocycles. The summed E-state index contributed by atoms with van der Waals surface area (Å²) in [5, 5.41) is 0. The van der Waals surface area contributed by atoms with Gasteiger partial charge in [-0.1, -0.05) is 0 Å². The topological polar surface area (TPSA) is 45.6 Å². The lowest BCUT2D eigenvalue weighted by molar-refractivity contribution is -0.128. The fourth-order valence-electron chi connectivity index (χ4n) is 3.45. The van der Waals surface area contributed by atoms with Crippen molar-refractivity contribution in [1.82, 2.24) is 14.4 Å². The van der Waals surface area contributed by atoms with E-state index in [0.717, 1.165) is 18.7 Å². The fraction of sp³-hybridized carbons (Fsp3) is 0.400. The van der Waals surface area contributed by atoms with Crippen molar-refractivity contribution in [2.24, 2.45) is 0 Å². The molecule has 1 aromatic heterocycles. The minimum absolute atomic E-state index is 0.0397. The minimum atomic E-state index is 0.0397. The van der Waals surface area contributed by atoms with Gasteiger partial charge >= 0.3 is 0 Å². The first-order valence-electron chi connectivity index (χ1n) is 8.77. The van der Waals surface area contributed by atoms with Gasteiger partial charge in [0.25, 0.3) is 5.91 Å². The van der Waals surface area contributed by atoms with E-state index < -0.39 is 0 Å². The Morgan fingerprint density at radius 2 is 1.36 bits per heavy atom. The maximum Gasteiger partial charge on any atom is 0.253 e. The van der Waals surface area contributed by atoms with Crippen molar-refractivity contribution < 1.29 is 9.59 Å². The van der Waals surface area contributed by atoms with Crippen LogP contribution >= 0.6 is 0 Å². The van der Waals surface area contributed by atoms with Crippen LogP contribution in [-0.2, 0) is 4.79 Å². The first-order chi connectivity index (χ1) is 12.0. The molecular weight excluding hydrogens is 314 g/mol. The number of aromatic nitrogens is 1. The van der Waals surface area contributed by atoms with Gasteiger partial charge in [-0.3, -0.25) is 9.59 Å². The summed E-state index contributed by atoms with van der Waals surface area (Å²) in [4.78, 5) is 28.0. The Kier molecular flexibility index (Phi) is 4.93. The number of carbonyl (C=O) groups is 2. The summed E-state index contributed by atoms with van der Waals surface area (Å²) >= 11 is 0. The van der Waals surface area contributed by atoms with E-state index >= 15 is 0 Å².